The highest BCUT2D eigenvalue weighted by Gasteiger charge is 2.06. The van der Waals surface area contributed by atoms with Gasteiger partial charge < -0.3 is 4.74 Å². The average Bonchev–Trinajstić information content (AvgIpc) is 3.13. The molecular weight excluding hydrogens is 390 g/mol. The molecule has 0 aliphatic rings. The average molecular weight is 402 g/mol. The van der Waals surface area contributed by atoms with Crippen molar-refractivity contribution < 1.29 is 9.66 Å². The van der Waals surface area contributed by atoms with E-state index in [2.05, 4.69) is 31.2 Å². The molecule has 0 N–H and O–H groups in total. The molecule has 3 rings (SSSR count). The molecule has 0 aliphatic carbocycles. The minimum Gasteiger partial charge on any atom is -0.488 e. The van der Waals surface area contributed by atoms with E-state index in [4.69, 9.17) is 4.74 Å². The van der Waals surface area contributed by atoms with Gasteiger partial charge in [-0.05, 0) is 35.9 Å². The Balaban J connectivity index is 1.74. The van der Waals surface area contributed by atoms with E-state index in [1.807, 2.05) is 18.2 Å². The van der Waals surface area contributed by atoms with Gasteiger partial charge in [-0.1, -0.05) is 15.9 Å². The molecule has 0 spiro atoms. The summed E-state index contributed by atoms with van der Waals surface area (Å²) in [7, 11) is 0. The van der Waals surface area contributed by atoms with Crippen LogP contribution in [0.25, 0.3) is 0 Å². The first-order valence-corrected chi connectivity index (χ1v) is 7.96. The van der Waals surface area contributed by atoms with Gasteiger partial charge in [0.15, 0.2) is 0 Å². The summed E-state index contributed by atoms with van der Waals surface area (Å²) in [6.07, 6.45) is 4.59. The minimum absolute atomic E-state index is 0.0501. The van der Waals surface area contributed by atoms with Crippen molar-refractivity contribution >= 4 is 27.8 Å². The van der Waals surface area contributed by atoms with Gasteiger partial charge in [0.2, 0.25) is 0 Å². The maximum absolute atomic E-state index is 10.7. The summed E-state index contributed by atoms with van der Waals surface area (Å²) < 4.78 is 8.19. The van der Waals surface area contributed by atoms with E-state index in [1.54, 1.807) is 18.3 Å². The molecule has 1 heterocycles. The Hall–Kier alpha value is -3.07. The standard InChI is InChI=1S/C16H12BrN5O3/c17-14-3-6-16(13(7-14)8-20-21-10-18-19-11-21)25-9-12-1-4-15(5-2-12)22(23)24/h1-8,10-11H,9H2/b20-8-. The molecular formula is C16H12BrN5O3. The summed E-state index contributed by atoms with van der Waals surface area (Å²) in [5, 5.41) is 22.3. The lowest BCUT2D eigenvalue weighted by atomic mass is 10.2. The molecule has 25 heavy (non-hydrogen) atoms. The van der Waals surface area contributed by atoms with Gasteiger partial charge in [-0.15, -0.1) is 10.2 Å². The van der Waals surface area contributed by atoms with Crippen molar-refractivity contribution in [2.24, 2.45) is 5.10 Å². The van der Waals surface area contributed by atoms with Crippen LogP contribution in [0, 0.1) is 10.1 Å². The second-order valence-corrected chi connectivity index (χ2v) is 5.90. The van der Waals surface area contributed by atoms with Crippen molar-refractivity contribution in [3.63, 3.8) is 0 Å². The molecule has 0 fully saturated rings. The Morgan fingerprint density at radius 1 is 1.20 bits per heavy atom. The smallest absolute Gasteiger partial charge is 0.269 e. The van der Waals surface area contributed by atoms with Gasteiger partial charge in [0.25, 0.3) is 5.69 Å². The zero-order chi connectivity index (χ0) is 17.6. The van der Waals surface area contributed by atoms with E-state index >= 15 is 0 Å². The third-order valence-electron chi connectivity index (χ3n) is 3.25. The summed E-state index contributed by atoms with van der Waals surface area (Å²) in [6, 6.07) is 11.8. The third-order valence-corrected chi connectivity index (χ3v) is 3.74. The molecule has 0 saturated carbocycles. The van der Waals surface area contributed by atoms with Crippen LogP contribution >= 0.6 is 15.9 Å². The quantitative estimate of drug-likeness (QED) is 0.358. The summed E-state index contributed by atoms with van der Waals surface area (Å²) in [4.78, 5) is 10.3. The number of halogens is 1. The molecule has 0 unspecified atom stereocenters. The van der Waals surface area contributed by atoms with Crippen LogP contribution < -0.4 is 4.74 Å². The van der Waals surface area contributed by atoms with Crippen LogP contribution in [-0.2, 0) is 6.61 Å². The molecule has 126 valence electrons. The fraction of sp³-hybridized carbons (Fsp3) is 0.0625. The maximum Gasteiger partial charge on any atom is 0.269 e. The van der Waals surface area contributed by atoms with Crippen LogP contribution in [0.2, 0.25) is 0 Å². The lowest BCUT2D eigenvalue weighted by Gasteiger charge is -2.09. The monoisotopic (exact) mass is 401 g/mol. The van der Waals surface area contributed by atoms with Crippen LogP contribution in [0.4, 0.5) is 5.69 Å². The minimum atomic E-state index is -0.432. The van der Waals surface area contributed by atoms with Crippen molar-refractivity contribution in [3.8, 4) is 5.75 Å². The first kappa shape index (κ1) is 16.8. The molecule has 1 aromatic heterocycles. The summed E-state index contributed by atoms with van der Waals surface area (Å²) >= 11 is 3.42. The van der Waals surface area contributed by atoms with Gasteiger partial charge in [0.05, 0.1) is 11.1 Å². The zero-order valence-corrected chi connectivity index (χ0v) is 14.4. The van der Waals surface area contributed by atoms with Gasteiger partial charge in [-0.3, -0.25) is 10.1 Å². The van der Waals surface area contributed by atoms with Crippen LogP contribution in [0.15, 0.2) is 64.7 Å². The lowest BCUT2D eigenvalue weighted by molar-refractivity contribution is -0.384. The van der Waals surface area contributed by atoms with Crippen molar-refractivity contribution in [2.45, 2.75) is 6.61 Å². The lowest BCUT2D eigenvalue weighted by Crippen LogP contribution is -1.99. The summed E-state index contributed by atoms with van der Waals surface area (Å²) in [5.74, 6) is 0.637. The van der Waals surface area contributed by atoms with Crippen molar-refractivity contribution in [2.75, 3.05) is 0 Å². The molecule has 8 nitrogen and oxygen atoms in total. The molecule has 0 radical (unpaired) electrons. The largest absolute Gasteiger partial charge is 0.488 e. The number of nitro groups is 1. The molecule has 0 atom stereocenters. The third kappa shape index (κ3) is 4.48. The predicted octanol–water partition coefficient (Wildman–Crippen LogP) is 3.41. The SMILES string of the molecule is O=[N+]([O-])c1ccc(COc2ccc(Br)cc2/C=N\n2cnnc2)cc1. The Kier molecular flexibility index (Phi) is 5.14. The number of nitrogens with zero attached hydrogens (tertiary/aromatic N) is 5. The summed E-state index contributed by atoms with van der Waals surface area (Å²) in [6.45, 7) is 0.285. The fourth-order valence-corrected chi connectivity index (χ4v) is 2.39. The van der Waals surface area contributed by atoms with Gasteiger partial charge >= 0.3 is 0 Å². The maximum atomic E-state index is 10.7. The van der Waals surface area contributed by atoms with Crippen molar-refractivity contribution in [3.05, 3.63) is 80.8 Å². The predicted molar refractivity (Wildman–Crippen MR) is 94.6 cm³/mol. The van der Waals surface area contributed by atoms with E-state index in [0.29, 0.717) is 5.75 Å². The second kappa shape index (κ2) is 7.67. The highest BCUT2D eigenvalue weighted by atomic mass is 79.9. The second-order valence-electron chi connectivity index (χ2n) is 4.98. The first-order valence-electron chi connectivity index (χ1n) is 7.16. The number of rotatable bonds is 6. The molecule has 0 bridgehead atoms. The van der Waals surface area contributed by atoms with Gasteiger partial charge in [0.1, 0.15) is 25.0 Å². The highest BCUT2D eigenvalue weighted by molar-refractivity contribution is 9.10. The first-order chi connectivity index (χ1) is 12.1. The van der Waals surface area contributed by atoms with Gasteiger partial charge in [-0.25, -0.2) is 4.68 Å². The van der Waals surface area contributed by atoms with E-state index in [1.165, 1.54) is 29.5 Å². The van der Waals surface area contributed by atoms with Gasteiger partial charge in [-0.2, -0.15) is 5.10 Å². The Morgan fingerprint density at radius 3 is 2.60 bits per heavy atom. The fourth-order valence-electron chi connectivity index (χ4n) is 2.01. The number of ether oxygens (including phenoxy) is 1. The van der Waals surface area contributed by atoms with E-state index in [9.17, 15) is 10.1 Å². The number of nitro benzene ring substituents is 1. The van der Waals surface area contributed by atoms with Crippen LogP contribution in [0.5, 0.6) is 5.75 Å². The molecule has 0 aliphatic heterocycles. The topological polar surface area (TPSA) is 95.4 Å². The molecule has 0 saturated heterocycles. The van der Waals surface area contributed by atoms with Crippen LogP contribution in [-0.4, -0.2) is 26.0 Å². The molecule has 9 heteroatoms. The normalized spacial score (nSPS) is 10.9. The summed E-state index contributed by atoms with van der Waals surface area (Å²) in [5.41, 5.74) is 1.65. The molecule has 0 amide bonds. The zero-order valence-electron chi connectivity index (χ0n) is 12.8. The van der Waals surface area contributed by atoms with E-state index in [-0.39, 0.29) is 12.3 Å². The van der Waals surface area contributed by atoms with Crippen LogP contribution in [0.1, 0.15) is 11.1 Å². The van der Waals surface area contributed by atoms with Crippen LogP contribution in [0.3, 0.4) is 0 Å². The number of benzene rings is 2. The van der Waals surface area contributed by atoms with Gasteiger partial charge in [0, 0.05) is 22.2 Å². The van der Waals surface area contributed by atoms with E-state index in [0.717, 1.165) is 15.6 Å². The Bertz CT molecular complexity index is 895. The van der Waals surface area contributed by atoms with Crippen molar-refractivity contribution in [1.82, 2.24) is 14.9 Å². The van der Waals surface area contributed by atoms with E-state index < -0.39 is 4.92 Å². The Morgan fingerprint density at radius 2 is 1.92 bits per heavy atom. The molecule has 2 aromatic carbocycles. The molecule has 3 aromatic rings. The number of non-ortho nitro benzene ring substituents is 1. The number of aromatic nitrogens is 3. The number of hydrogen-bond acceptors (Lipinski definition) is 6. The number of hydrogen-bond donors (Lipinski definition) is 0. The van der Waals surface area contributed by atoms with Crippen molar-refractivity contribution in [1.29, 1.82) is 0 Å². The Labute approximate surface area is 151 Å². The highest BCUT2D eigenvalue weighted by Crippen LogP contribution is 2.23.